The largest absolute Gasteiger partial charge is 0.464 e. The fourth-order valence-electron chi connectivity index (χ4n) is 10.1. The lowest BCUT2D eigenvalue weighted by atomic mass is 9.84. The van der Waals surface area contributed by atoms with Gasteiger partial charge in [0, 0.05) is 96.6 Å². The number of ether oxygens (including phenoxy) is 2. The van der Waals surface area contributed by atoms with Crippen molar-refractivity contribution < 1.29 is 32.6 Å². The van der Waals surface area contributed by atoms with Gasteiger partial charge in [0.1, 0.15) is 6.04 Å². The minimum Gasteiger partial charge on any atom is -0.464 e. The molecule has 7 heterocycles. The number of hydrogen-bond donors (Lipinski definition) is 2. The molecule has 5 atom stereocenters. The first-order chi connectivity index (χ1) is 30.3. The van der Waals surface area contributed by atoms with Crippen molar-refractivity contribution in [3.05, 3.63) is 52.1 Å². The molecule has 9 rings (SSSR count). The van der Waals surface area contributed by atoms with E-state index < -0.39 is 50.6 Å². The molecule has 4 aliphatic heterocycles. The monoisotopic (exact) mass is 901 g/mol. The summed E-state index contributed by atoms with van der Waals surface area (Å²) in [4.78, 5) is 59.6. The lowest BCUT2D eigenvalue weighted by Crippen LogP contribution is -2.62. The maximum atomic E-state index is 14.2. The van der Waals surface area contributed by atoms with E-state index in [4.69, 9.17) is 19.4 Å². The Morgan fingerprint density at radius 2 is 1.97 bits per heavy atom. The average Bonchev–Trinajstić information content (AvgIpc) is 3.89. The molecule has 6 bridgehead atoms. The number of carbonyl (C=O) groups is 3. The van der Waals surface area contributed by atoms with Crippen LogP contribution in [-0.4, -0.2) is 116 Å². The minimum absolute atomic E-state index is 0.0960. The van der Waals surface area contributed by atoms with Crippen LogP contribution in [0.5, 0.6) is 0 Å². The van der Waals surface area contributed by atoms with Gasteiger partial charge in [0.05, 0.1) is 46.7 Å². The van der Waals surface area contributed by atoms with Crippen molar-refractivity contribution in [3.8, 4) is 22.5 Å². The summed E-state index contributed by atoms with van der Waals surface area (Å²) >= 11 is 1.41. The Morgan fingerprint density at radius 1 is 1.13 bits per heavy atom. The number of nitrogens with one attached hydrogen (secondary N) is 2. The molecular formula is C46H59F2N8O5SSi. The number of carbonyl (C=O) groups excluding carboxylic acids is 3. The third-order valence-corrected chi connectivity index (χ3v) is 16.9. The average molecular weight is 902 g/mol. The van der Waals surface area contributed by atoms with Crippen LogP contribution >= 0.6 is 11.3 Å². The molecule has 0 spiro atoms. The first-order valence-corrected chi connectivity index (χ1v) is 25.2. The van der Waals surface area contributed by atoms with E-state index >= 15 is 0 Å². The highest BCUT2D eigenvalue weighted by Gasteiger charge is 2.50. The molecule has 63 heavy (non-hydrogen) atoms. The number of hydrazine groups is 1. The molecule has 1 unspecified atom stereocenters. The summed E-state index contributed by atoms with van der Waals surface area (Å²) in [5.41, 5.74) is 10.1. The first kappa shape index (κ1) is 43.9. The highest BCUT2D eigenvalue weighted by Crippen LogP contribution is 2.45. The van der Waals surface area contributed by atoms with E-state index in [9.17, 15) is 23.2 Å². The van der Waals surface area contributed by atoms with Crippen LogP contribution in [0.2, 0.25) is 0 Å². The molecule has 3 aromatic heterocycles. The van der Waals surface area contributed by atoms with Crippen LogP contribution in [0, 0.1) is 17.3 Å². The zero-order chi connectivity index (χ0) is 44.2. The van der Waals surface area contributed by atoms with Gasteiger partial charge in [-0.15, -0.1) is 11.3 Å². The van der Waals surface area contributed by atoms with Gasteiger partial charge in [-0.2, -0.15) is 0 Å². The third kappa shape index (κ3) is 8.92. The Labute approximate surface area is 373 Å². The van der Waals surface area contributed by atoms with Crippen molar-refractivity contribution in [1.29, 1.82) is 0 Å². The van der Waals surface area contributed by atoms with E-state index in [0.29, 0.717) is 43.4 Å². The molecule has 337 valence electrons. The molecule has 3 saturated heterocycles. The van der Waals surface area contributed by atoms with Gasteiger partial charge in [0.2, 0.25) is 17.9 Å². The van der Waals surface area contributed by atoms with Gasteiger partial charge in [-0.1, -0.05) is 26.3 Å². The second-order valence-electron chi connectivity index (χ2n) is 18.8. The number of rotatable bonds is 8. The molecule has 1 saturated carbocycles. The van der Waals surface area contributed by atoms with E-state index in [-0.39, 0.29) is 30.7 Å². The number of amides is 2. The number of hydrogen-bond acceptors (Lipinski definition) is 11. The molecule has 2 amide bonds. The van der Waals surface area contributed by atoms with Crippen LogP contribution in [0.15, 0.2) is 35.8 Å². The van der Waals surface area contributed by atoms with Crippen LogP contribution in [0.1, 0.15) is 88.6 Å². The van der Waals surface area contributed by atoms with Gasteiger partial charge in [-0.25, -0.2) is 19.2 Å². The number of anilines is 1. The Balaban J connectivity index is 1.14. The number of esters is 1. The zero-order valence-electron chi connectivity index (χ0n) is 36.9. The van der Waals surface area contributed by atoms with Crippen LogP contribution in [0.3, 0.4) is 0 Å². The molecule has 4 fully saturated rings. The third-order valence-electron chi connectivity index (χ3n) is 13.8. The quantitative estimate of drug-likeness (QED) is 0.139. The predicted octanol–water partition coefficient (Wildman–Crippen LogP) is 7.12. The zero-order valence-corrected chi connectivity index (χ0v) is 38.7. The SMILES string of the molecule is CCn1c(-c2cc(N3CCN4CCCCC4C3)cnc2[C@H](C)OC)c2c3cc(ccc31)-c1csc(n1)C[Si](NC(=O)[C@@H]1C[C@H]1C(F)F)C(=O)N1CCC[C@H](N1)C(=O)OCC(C)(C)C2. The van der Waals surface area contributed by atoms with E-state index in [1.807, 2.05) is 18.5 Å². The van der Waals surface area contributed by atoms with Gasteiger partial charge in [0.25, 0.3) is 8.96 Å². The Kier molecular flexibility index (Phi) is 12.5. The number of benzene rings is 1. The van der Waals surface area contributed by atoms with Gasteiger partial charge < -0.3 is 23.9 Å². The molecular weight excluding hydrogens is 843 g/mol. The number of cyclic esters (lactones) is 1. The van der Waals surface area contributed by atoms with Crippen molar-refractivity contribution in [2.45, 2.75) is 110 Å². The molecule has 1 radical (unpaired) electrons. The number of piperidine rings is 1. The summed E-state index contributed by atoms with van der Waals surface area (Å²) < 4.78 is 41.5. The molecule has 17 heteroatoms. The summed E-state index contributed by atoms with van der Waals surface area (Å²) in [5, 5.41) is 5.11. The smallest absolute Gasteiger partial charge is 0.324 e. The molecule has 4 aromatic rings. The maximum Gasteiger partial charge on any atom is 0.324 e. The van der Waals surface area contributed by atoms with Gasteiger partial charge in [0.15, 0.2) is 0 Å². The van der Waals surface area contributed by atoms with Crippen LogP contribution in [0.4, 0.5) is 19.3 Å². The number of piperazine rings is 1. The number of thiazole rings is 1. The van der Waals surface area contributed by atoms with Crippen molar-refractivity contribution in [1.82, 2.24) is 34.9 Å². The number of alkyl halides is 2. The van der Waals surface area contributed by atoms with Crippen molar-refractivity contribution in [2.24, 2.45) is 17.3 Å². The van der Waals surface area contributed by atoms with Crippen LogP contribution in [0.25, 0.3) is 33.4 Å². The first-order valence-electron chi connectivity index (χ1n) is 22.6. The highest BCUT2D eigenvalue weighted by atomic mass is 32.1. The summed E-state index contributed by atoms with van der Waals surface area (Å²) in [5.74, 6) is -2.80. The Morgan fingerprint density at radius 3 is 2.75 bits per heavy atom. The normalized spacial score (nSPS) is 25.1. The molecule has 1 aromatic carbocycles. The number of methoxy groups -OCH3 is 1. The maximum absolute atomic E-state index is 14.2. The predicted molar refractivity (Wildman–Crippen MR) is 241 cm³/mol. The number of aromatic nitrogens is 3. The van der Waals surface area contributed by atoms with Crippen LogP contribution < -0.4 is 15.3 Å². The van der Waals surface area contributed by atoms with Gasteiger partial charge in [-0.3, -0.25) is 29.3 Å². The number of fused-ring (bicyclic) bond motifs is 7. The van der Waals surface area contributed by atoms with E-state index in [2.05, 4.69) is 69.8 Å². The summed E-state index contributed by atoms with van der Waals surface area (Å²) in [6, 6.07) is 8.68. The van der Waals surface area contributed by atoms with Crippen molar-refractivity contribution >= 4 is 54.3 Å². The Bertz CT molecular complexity index is 2370. The molecule has 13 nitrogen and oxygen atoms in total. The standard InChI is InChI=1S/C46H59F2N8O5SSi/c1-6-55-38-13-12-28-18-31(38)35(41(55)34-19-30(22-49-40(34)27(2)60-5)54-17-16-53-14-8-7-10-29(53)23-54)21-46(3,4)26-61-44(58)36-11-9-15-56(51-36)45(59)63(25-39-50-37(28)24-62-39)52-43(57)33-20-32(33)42(47)48/h12-13,18-19,22,24,27,29,32-33,36,42,51H,6-11,14-17,20-21,23,25-26H2,1-5H3,(H,52,57)/t27-,29?,32+,33+,36-/m0/s1. The van der Waals surface area contributed by atoms with E-state index in [0.717, 1.165) is 70.0 Å². The van der Waals surface area contributed by atoms with Crippen LogP contribution in [-0.2, 0) is 38.1 Å². The molecule has 1 aliphatic carbocycles. The van der Waals surface area contributed by atoms with Gasteiger partial charge in [-0.05, 0) is 82.7 Å². The van der Waals surface area contributed by atoms with E-state index in [1.165, 1.54) is 42.2 Å². The second-order valence-corrected chi connectivity index (χ2v) is 21.7. The summed E-state index contributed by atoms with van der Waals surface area (Å²) in [7, 11) is -0.699. The number of aryl methyl sites for hydroxylation is 1. The molecule has 5 aliphatic rings. The Hall–Kier alpha value is -4.29. The lowest BCUT2D eigenvalue weighted by Gasteiger charge is -2.45. The van der Waals surface area contributed by atoms with Crippen molar-refractivity contribution in [2.75, 3.05) is 51.3 Å². The fraction of sp³-hybridized carbons (Fsp3) is 0.587. The summed E-state index contributed by atoms with van der Waals surface area (Å²) in [6.45, 7) is 13.7. The van der Waals surface area contributed by atoms with Gasteiger partial charge >= 0.3 is 5.97 Å². The van der Waals surface area contributed by atoms with E-state index in [1.54, 1.807) is 7.11 Å². The molecule has 2 N–H and O–H groups in total. The van der Waals surface area contributed by atoms with Crippen molar-refractivity contribution in [3.63, 3.8) is 0 Å². The number of halogens is 2. The topological polar surface area (TPSA) is 134 Å². The number of pyridine rings is 1. The number of nitrogens with zero attached hydrogens (tertiary/aromatic N) is 6. The minimum atomic E-state index is -2.59. The summed E-state index contributed by atoms with van der Waals surface area (Å²) in [6.07, 6.45) is 4.58. The fourth-order valence-corrected chi connectivity index (χ4v) is 13.2. The lowest BCUT2D eigenvalue weighted by molar-refractivity contribution is -0.151. The second kappa shape index (κ2) is 17.9. The highest BCUT2D eigenvalue weighted by molar-refractivity contribution is 7.10.